The molecule has 1 saturated heterocycles. The normalized spacial score (nSPS) is 17.8. The van der Waals surface area contributed by atoms with Crippen LogP contribution in [0.4, 0.5) is 10.1 Å². The predicted octanol–water partition coefficient (Wildman–Crippen LogP) is 2.52. The monoisotopic (exact) mass is 223 g/mol. The zero-order valence-corrected chi connectivity index (χ0v) is 9.62. The molecule has 2 rings (SSSR count). The molecule has 1 fully saturated rings. The van der Waals surface area contributed by atoms with Gasteiger partial charge in [-0.3, -0.25) is 0 Å². The van der Waals surface area contributed by atoms with E-state index >= 15 is 0 Å². The molecule has 0 aliphatic carbocycles. The van der Waals surface area contributed by atoms with Gasteiger partial charge < -0.3 is 10.0 Å². The highest BCUT2D eigenvalue weighted by atomic mass is 19.1. The van der Waals surface area contributed by atoms with E-state index < -0.39 is 0 Å². The van der Waals surface area contributed by atoms with Crippen molar-refractivity contribution in [3.63, 3.8) is 0 Å². The van der Waals surface area contributed by atoms with Gasteiger partial charge in [0, 0.05) is 36.9 Å². The quantitative estimate of drug-likeness (QED) is 0.851. The Balaban J connectivity index is 2.38. The topological polar surface area (TPSA) is 23.5 Å². The molecular weight excluding hydrogens is 205 g/mol. The zero-order valence-electron chi connectivity index (χ0n) is 9.62. The first-order valence-corrected chi connectivity index (χ1v) is 5.88. The Hall–Kier alpha value is -1.09. The Morgan fingerprint density at radius 1 is 1.38 bits per heavy atom. The molecule has 0 radical (unpaired) electrons. The number of anilines is 1. The van der Waals surface area contributed by atoms with Crippen LogP contribution in [0.1, 0.15) is 31.2 Å². The van der Waals surface area contributed by atoms with Crippen molar-refractivity contribution < 1.29 is 9.50 Å². The number of halogens is 1. The first kappa shape index (κ1) is 11.4. The highest BCUT2D eigenvalue weighted by molar-refractivity contribution is 5.56. The summed E-state index contributed by atoms with van der Waals surface area (Å²) in [6.07, 6.45) is 2.34. The van der Waals surface area contributed by atoms with Gasteiger partial charge in [0.15, 0.2) is 0 Å². The summed E-state index contributed by atoms with van der Waals surface area (Å²) in [6, 6.07) is 5.17. The largest absolute Gasteiger partial charge is 0.396 e. The summed E-state index contributed by atoms with van der Waals surface area (Å²) in [5, 5.41) is 9.19. The van der Waals surface area contributed by atoms with Gasteiger partial charge in [0.05, 0.1) is 0 Å². The number of hydrogen-bond acceptors (Lipinski definition) is 2. The Labute approximate surface area is 95.7 Å². The predicted molar refractivity (Wildman–Crippen MR) is 63.3 cm³/mol. The smallest absolute Gasteiger partial charge is 0.128 e. The molecule has 1 N–H and O–H groups in total. The van der Waals surface area contributed by atoms with Gasteiger partial charge in [0.25, 0.3) is 0 Å². The van der Waals surface area contributed by atoms with Gasteiger partial charge in [-0.05, 0) is 25.0 Å². The summed E-state index contributed by atoms with van der Waals surface area (Å²) in [5.41, 5.74) is 1.62. The number of rotatable bonds is 3. The minimum Gasteiger partial charge on any atom is -0.396 e. The van der Waals surface area contributed by atoms with Crippen molar-refractivity contribution in [2.24, 2.45) is 0 Å². The van der Waals surface area contributed by atoms with Gasteiger partial charge in [-0.2, -0.15) is 0 Å². The molecule has 0 spiro atoms. The molecular formula is C13H18FNO. The second-order valence-electron chi connectivity index (χ2n) is 4.45. The summed E-state index contributed by atoms with van der Waals surface area (Å²) in [4.78, 5) is 2.21. The van der Waals surface area contributed by atoms with Crippen LogP contribution in [0, 0.1) is 5.82 Å². The van der Waals surface area contributed by atoms with Crippen molar-refractivity contribution in [1.29, 1.82) is 0 Å². The highest BCUT2D eigenvalue weighted by Gasteiger charge is 2.21. The molecule has 1 unspecified atom stereocenters. The van der Waals surface area contributed by atoms with E-state index in [9.17, 15) is 9.50 Å². The average molecular weight is 223 g/mol. The van der Waals surface area contributed by atoms with Crippen LogP contribution in [-0.2, 0) is 0 Å². The van der Waals surface area contributed by atoms with Gasteiger partial charge in [-0.15, -0.1) is 0 Å². The molecule has 0 amide bonds. The van der Waals surface area contributed by atoms with Gasteiger partial charge in [0.1, 0.15) is 5.82 Å². The van der Waals surface area contributed by atoms with E-state index in [1.807, 2.05) is 13.0 Å². The Bertz CT molecular complexity index is 361. The van der Waals surface area contributed by atoms with Crippen LogP contribution in [-0.4, -0.2) is 24.8 Å². The van der Waals surface area contributed by atoms with Crippen molar-refractivity contribution >= 4 is 5.69 Å². The molecule has 2 nitrogen and oxygen atoms in total. The minimum atomic E-state index is -0.203. The first-order valence-electron chi connectivity index (χ1n) is 5.88. The van der Waals surface area contributed by atoms with Crippen LogP contribution in [0.15, 0.2) is 18.2 Å². The van der Waals surface area contributed by atoms with Gasteiger partial charge in [-0.25, -0.2) is 4.39 Å². The summed E-state index contributed by atoms with van der Waals surface area (Å²) in [7, 11) is 0. The van der Waals surface area contributed by atoms with Crippen LogP contribution in [0.5, 0.6) is 0 Å². The second kappa shape index (κ2) is 4.83. The lowest BCUT2D eigenvalue weighted by Gasteiger charge is -2.24. The molecule has 1 atom stereocenters. The number of aliphatic hydroxyl groups excluding tert-OH is 1. The van der Waals surface area contributed by atoms with E-state index in [1.54, 1.807) is 6.07 Å². The third-order valence-corrected chi connectivity index (χ3v) is 3.24. The van der Waals surface area contributed by atoms with Gasteiger partial charge >= 0.3 is 0 Å². The van der Waals surface area contributed by atoms with Crippen molar-refractivity contribution in [2.45, 2.75) is 25.7 Å². The Kier molecular flexibility index (Phi) is 3.44. The highest BCUT2D eigenvalue weighted by Crippen LogP contribution is 2.31. The van der Waals surface area contributed by atoms with E-state index in [0.29, 0.717) is 5.56 Å². The van der Waals surface area contributed by atoms with Crippen molar-refractivity contribution in [3.8, 4) is 0 Å². The first-order chi connectivity index (χ1) is 7.74. The zero-order chi connectivity index (χ0) is 11.5. The fraction of sp³-hybridized carbons (Fsp3) is 0.538. The van der Waals surface area contributed by atoms with Gasteiger partial charge in [0.2, 0.25) is 0 Å². The molecule has 0 saturated carbocycles. The number of nitrogens with zero attached hydrogens (tertiary/aromatic N) is 1. The standard InChI is InChI=1S/C13H18FNO/c1-10(9-16)13-11(14)5-4-6-12(13)15-7-2-3-8-15/h4-6,10,16H,2-3,7-9H2,1H3. The van der Waals surface area contributed by atoms with Gasteiger partial charge in [-0.1, -0.05) is 13.0 Å². The minimum absolute atomic E-state index is 0.0121. The third kappa shape index (κ3) is 2.05. The van der Waals surface area contributed by atoms with Crippen LogP contribution in [0.3, 0.4) is 0 Å². The summed E-state index contributed by atoms with van der Waals surface area (Å²) < 4.78 is 13.8. The maximum atomic E-state index is 13.8. The maximum absolute atomic E-state index is 13.8. The fourth-order valence-electron chi connectivity index (χ4n) is 2.34. The molecule has 0 aromatic heterocycles. The molecule has 1 aliphatic rings. The van der Waals surface area contributed by atoms with E-state index in [-0.39, 0.29) is 18.3 Å². The lowest BCUT2D eigenvalue weighted by Crippen LogP contribution is -2.21. The van der Waals surface area contributed by atoms with Crippen molar-refractivity contribution in [3.05, 3.63) is 29.6 Å². The third-order valence-electron chi connectivity index (χ3n) is 3.24. The lowest BCUT2D eigenvalue weighted by atomic mass is 9.98. The molecule has 0 bridgehead atoms. The molecule has 1 aromatic carbocycles. The molecule has 88 valence electrons. The van der Waals surface area contributed by atoms with E-state index in [4.69, 9.17) is 0 Å². The van der Waals surface area contributed by atoms with Crippen molar-refractivity contribution in [2.75, 3.05) is 24.6 Å². The number of hydrogen-bond donors (Lipinski definition) is 1. The fourth-order valence-corrected chi connectivity index (χ4v) is 2.34. The molecule has 16 heavy (non-hydrogen) atoms. The van der Waals surface area contributed by atoms with Crippen LogP contribution in [0.25, 0.3) is 0 Å². The second-order valence-corrected chi connectivity index (χ2v) is 4.45. The maximum Gasteiger partial charge on any atom is 0.128 e. The molecule has 1 aromatic rings. The van der Waals surface area contributed by atoms with E-state index in [1.165, 1.54) is 18.9 Å². The van der Waals surface area contributed by atoms with Crippen LogP contribution < -0.4 is 4.90 Å². The average Bonchev–Trinajstić information content (AvgIpc) is 2.81. The summed E-state index contributed by atoms with van der Waals surface area (Å²) in [5.74, 6) is -0.345. The SMILES string of the molecule is CC(CO)c1c(F)cccc1N1CCCC1. The summed E-state index contributed by atoms with van der Waals surface area (Å²) >= 11 is 0. The van der Waals surface area contributed by atoms with Crippen molar-refractivity contribution in [1.82, 2.24) is 0 Å². The molecule has 1 heterocycles. The Morgan fingerprint density at radius 3 is 2.69 bits per heavy atom. The lowest BCUT2D eigenvalue weighted by molar-refractivity contribution is 0.270. The molecule has 3 heteroatoms. The number of benzene rings is 1. The van der Waals surface area contributed by atoms with E-state index in [0.717, 1.165) is 18.8 Å². The summed E-state index contributed by atoms with van der Waals surface area (Å²) in [6.45, 7) is 3.84. The Morgan fingerprint density at radius 2 is 2.06 bits per heavy atom. The van der Waals surface area contributed by atoms with Crippen LogP contribution in [0.2, 0.25) is 0 Å². The van der Waals surface area contributed by atoms with E-state index in [2.05, 4.69) is 4.90 Å². The number of aliphatic hydroxyl groups is 1. The van der Waals surface area contributed by atoms with Crippen LogP contribution >= 0.6 is 0 Å². The molecule has 1 aliphatic heterocycles.